The van der Waals surface area contributed by atoms with E-state index in [1.165, 1.54) is 11.6 Å². The largest absolute Gasteiger partial charge is 0.335 e. The minimum Gasteiger partial charge on any atom is -0.335 e. The van der Waals surface area contributed by atoms with Gasteiger partial charge in [0.05, 0.1) is 0 Å². The molecule has 152 valence electrons. The van der Waals surface area contributed by atoms with Crippen LogP contribution in [0.1, 0.15) is 37.3 Å². The minimum atomic E-state index is -0.222. The van der Waals surface area contributed by atoms with Gasteiger partial charge in [-0.15, -0.1) is 12.4 Å². The number of carbonyl (C=O) groups is 1. The molecule has 2 unspecified atom stereocenters. The number of amides is 1. The lowest BCUT2D eigenvalue weighted by Gasteiger charge is -2.31. The first-order valence-electron chi connectivity index (χ1n) is 9.85. The molecule has 0 bridgehead atoms. The van der Waals surface area contributed by atoms with Gasteiger partial charge in [-0.2, -0.15) is 11.3 Å². The Hall–Kier alpha value is -1.43. The zero-order chi connectivity index (χ0) is 18.9. The van der Waals surface area contributed by atoms with Crippen molar-refractivity contribution in [2.75, 3.05) is 13.1 Å². The molecule has 2 aliphatic rings. The number of rotatable bonds is 6. The van der Waals surface area contributed by atoms with Gasteiger partial charge in [0.25, 0.3) is 0 Å². The van der Waals surface area contributed by atoms with Crippen molar-refractivity contribution in [3.63, 3.8) is 0 Å². The molecule has 2 aromatic rings. The zero-order valence-corrected chi connectivity index (χ0v) is 17.8. The minimum absolute atomic E-state index is 0. The van der Waals surface area contributed by atoms with Gasteiger partial charge in [0.1, 0.15) is 5.82 Å². The third-order valence-electron chi connectivity index (χ3n) is 6.24. The van der Waals surface area contributed by atoms with Crippen molar-refractivity contribution in [3.8, 4) is 0 Å². The van der Waals surface area contributed by atoms with E-state index in [0.717, 1.165) is 32.4 Å². The Labute approximate surface area is 176 Å². The van der Waals surface area contributed by atoms with Crippen LogP contribution < -0.4 is 5.32 Å². The van der Waals surface area contributed by atoms with E-state index in [9.17, 15) is 9.18 Å². The van der Waals surface area contributed by atoms with Crippen molar-refractivity contribution in [1.82, 2.24) is 10.2 Å². The Kier molecular flexibility index (Phi) is 6.79. The summed E-state index contributed by atoms with van der Waals surface area (Å²) in [6.07, 6.45) is 3.85. The van der Waals surface area contributed by atoms with E-state index in [2.05, 4.69) is 27.0 Å². The SMILES string of the molecule is CC(Cc1ccccc1F)C(=O)N(Cc1ccsc1)C1CC12CCNCC2.Cl. The molecule has 1 aliphatic carbocycles. The van der Waals surface area contributed by atoms with Gasteiger partial charge >= 0.3 is 0 Å². The number of thiophene rings is 1. The summed E-state index contributed by atoms with van der Waals surface area (Å²) in [5, 5.41) is 7.62. The number of halogens is 2. The summed E-state index contributed by atoms with van der Waals surface area (Å²) in [6, 6.07) is 9.22. The summed E-state index contributed by atoms with van der Waals surface area (Å²) in [4.78, 5) is 15.5. The van der Waals surface area contributed by atoms with Crippen molar-refractivity contribution < 1.29 is 9.18 Å². The van der Waals surface area contributed by atoms with E-state index in [1.54, 1.807) is 23.5 Å². The number of nitrogens with zero attached hydrogens (tertiary/aromatic N) is 1. The van der Waals surface area contributed by atoms with Gasteiger partial charge in [-0.1, -0.05) is 25.1 Å². The number of carbonyl (C=O) groups excluding carboxylic acids is 1. The second-order valence-corrected chi connectivity index (χ2v) is 8.91. The van der Waals surface area contributed by atoms with Gasteiger partial charge in [0.2, 0.25) is 5.91 Å². The summed E-state index contributed by atoms with van der Waals surface area (Å²) in [6.45, 7) is 4.69. The first kappa shape index (κ1) is 21.3. The maximum atomic E-state index is 14.0. The topological polar surface area (TPSA) is 32.3 Å². The van der Waals surface area contributed by atoms with Gasteiger partial charge in [-0.25, -0.2) is 4.39 Å². The molecule has 1 saturated heterocycles. The van der Waals surface area contributed by atoms with Crippen LogP contribution >= 0.6 is 23.7 Å². The highest BCUT2D eigenvalue weighted by Crippen LogP contribution is 2.56. The lowest BCUT2D eigenvalue weighted by molar-refractivity contribution is -0.137. The van der Waals surface area contributed by atoms with Crippen LogP contribution in [0.15, 0.2) is 41.1 Å². The summed E-state index contributed by atoms with van der Waals surface area (Å²) in [5.74, 6) is -0.285. The maximum absolute atomic E-state index is 14.0. The van der Waals surface area contributed by atoms with Gasteiger partial charge in [0, 0.05) is 18.5 Å². The maximum Gasteiger partial charge on any atom is 0.226 e. The molecule has 28 heavy (non-hydrogen) atoms. The van der Waals surface area contributed by atoms with E-state index >= 15 is 0 Å². The molecule has 0 radical (unpaired) electrons. The van der Waals surface area contributed by atoms with Crippen LogP contribution in [0.3, 0.4) is 0 Å². The third kappa shape index (κ3) is 4.42. The normalized spacial score (nSPS) is 21.0. The number of piperidine rings is 1. The van der Waals surface area contributed by atoms with Crippen LogP contribution in [-0.2, 0) is 17.8 Å². The highest BCUT2D eigenvalue weighted by atomic mass is 35.5. The monoisotopic (exact) mass is 422 g/mol. The van der Waals surface area contributed by atoms with Crippen LogP contribution in [0, 0.1) is 17.2 Å². The van der Waals surface area contributed by atoms with Gasteiger partial charge in [-0.05, 0) is 78.2 Å². The lowest BCUT2D eigenvalue weighted by Crippen LogP contribution is -2.41. The van der Waals surface area contributed by atoms with E-state index in [4.69, 9.17) is 0 Å². The summed E-state index contributed by atoms with van der Waals surface area (Å²) < 4.78 is 14.0. The fourth-order valence-electron chi connectivity index (χ4n) is 4.51. The van der Waals surface area contributed by atoms with Crippen LogP contribution in [0.4, 0.5) is 4.39 Å². The molecule has 6 heteroatoms. The number of hydrogen-bond donors (Lipinski definition) is 1. The second-order valence-electron chi connectivity index (χ2n) is 8.13. The molecule has 1 amide bonds. The predicted molar refractivity (Wildman–Crippen MR) is 114 cm³/mol. The molecular weight excluding hydrogens is 395 g/mol. The molecule has 4 rings (SSSR count). The molecule has 1 spiro atoms. The zero-order valence-electron chi connectivity index (χ0n) is 16.2. The number of benzene rings is 1. The molecule has 1 N–H and O–H groups in total. The first-order chi connectivity index (χ1) is 13.1. The van der Waals surface area contributed by atoms with Crippen LogP contribution in [0.2, 0.25) is 0 Å². The van der Waals surface area contributed by atoms with Gasteiger partial charge in [-0.3, -0.25) is 4.79 Å². The molecule has 1 saturated carbocycles. The van der Waals surface area contributed by atoms with Crippen molar-refractivity contribution in [1.29, 1.82) is 0 Å². The average Bonchev–Trinajstić information content (AvgIpc) is 3.11. The number of hydrogen-bond acceptors (Lipinski definition) is 3. The quantitative estimate of drug-likeness (QED) is 0.734. The summed E-state index contributed by atoms with van der Waals surface area (Å²) in [5.41, 5.74) is 2.12. The fourth-order valence-corrected chi connectivity index (χ4v) is 5.17. The highest BCUT2D eigenvalue weighted by molar-refractivity contribution is 7.07. The molecule has 2 atom stereocenters. The van der Waals surface area contributed by atoms with Crippen molar-refractivity contribution in [3.05, 3.63) is 58.0 Å². The number of nitrogens with one attached hydrogen (secondary N) is 1. The molecule has 1 aliphatic heterocycles. The second kappa shape index (κ2) is 8.93. The highest BCUT2D eigenvalue weighted by Gasteiger charge is 2.57. The fraction of sp³-hybridized carbons (Fsp3) is 0.500. The molecular formula is C22H28ClFN2OS. The van der Waals surface area contributed by atoms with Gasteiger partial charge in [0.15, 0.2) is 0 Å². The van der Waals surface area contributed by atoms with Crippen molar-refractivity contribution in [2.24, 2.45) is 11.3 Å². The first-order valence-corrected chi connectivity index (χ1v) is 10.8. The van der Waals surface area contributed by atoms with E-state index in [0.29, 0.717) is 30.0 Å². The van der Waals surface area contributed by atoms with Gasteiger partial charge < -0.3 is 10.2 Å². The van der Waals surface area contributed by atoms with E-state index in [1.807, 2.05) is 13.0 Å². The average molecular weight is 423 g/mol. The molecule has 2 fully saturated rings. The van der Waals surface area contributed by atoms with Crippen molar-refractivity contribution in [2.45, 2.75) is 45.2 Å². The van der Waals surface area contributed by atoms with Crippen LogP contribution in [-0.4, -0.2) is 29.9 Å². The van der Waals surface area contributed by atoms with Crippen molar-refractivity contribution >= 4 is 29.7 Å². The Bertz CT molecular complexity index is 792. The van der Waals surface area contributed by atoms with E-state index in [-0.39, 0.29) is 30.0 Å². The Morgan fingerprint density at radius 1 is 1.32 bits per heavy atom. The Balaban J connectivity index is 0.00000225. The third-order valence-corrected chi connectivity index (χ3v) is 6.98. The Morgan fingerprint density at radius 3 is 2.75 bits per heavy atom. The molecule has 3 nitrogen and oxygen atoms in total. The summed E-state index contributed by atoms with van der Waals surface area (Å²) in [7, 11) is 0. The Morgan fingerprint density at radius 2 is 2.07 bits per heavy atom. The smallest absolute Gasteiger partial charge is 0.226 e. The predicted octanol–water partition coefficient (Wildman–Crippen LogP) is 4.66. The molecule has 1 aromatic carbocycles. The van der Waals surface area contributed by atoms with Crippen LogP contribution in [0.25, 0.3) is 0 Å². The summed E-state index contributed by atoms with van der Waals surface area (Å²) >= 11 is 1.67. The molecule has 2 heterocycles. The molecule has 1 aromatic heterocycles. The lowest BCUT2D eigenvalue weighted by atomic mass is 9.92. The van der Waals surface area contributed by atoms with Crippen LogP contribution in [0.5, 0.6) is 0 Å². The van der Waals surface area contributed by atoms with E-state index < -0.39 is 0 Å². The standard InChI is InChI=1S/C22H27FN2OS.ClH/c1-16(12-18-4-2-3-5-19(18)23)21(26)25(14-17-6-11-27-15-17)20-13-22(20)7-9-24-10-8-22;/h2-6,11,15-16,20,24H,7-10,12-14H2,1H3;1H.